The molecule has 0 aliphatic carbocycles. The van der Waals surface area contributed by atoms with Crippen molar-refractivity contribution >= 4 is 5.91 Å². The lowest BCUT2D eigenvalue weighted by Gasteiger charge is -2.15. The molecule has 8 heteroatoms. The molecule has 0 spiro atoms. The molecule has 1 N–H and O–H groups in total. The molecule has 3 aromatic rings. The first-order valence-electron chi connectivity index (χ1n) is 8.79. The van der Waals surface area contributed by atoms with Gasteiger partial charge >= 0.3 is 6.18 Å². The van der Waals surface area contributed by atoms with Gasteiger partial charge in [-0.3, -0.25) is 4.79 Å². The maximum absolute atomic E-state index is 13.0. The van der Waals surface area contributed by atoms with Crippen molar-refractivity contribution in [2.75, 3.05) is 7.11 Å². The van der Waals surface area contributed by atoms with E-state index in [-0.39, 0.29) is 28.6 Å². The van der Waals surface area contributed by atoms with Gasteiger partial charge in [0.25, 0.3) is 5.91 Å². The lowest BCUT2D eigenvalue weighted by Crippen LogP contribution is -2.27. The van der Waals surface area contributed by atoms with Gasteiger partial charge < -0.3 is 14.6 Å². The van der Waals surface area contributed by atoms with Crippen LogP contribution in [0.5, 0.6) is 5.75 Å². The van der Waals surface area contributed by atoms with Gasteiger partial charge in [0.1, 0.15) is 11.3 Å². The summed E-state index contributed by atoms with van der Waals surface area (Å²) in [6, 6.07) is 11.4. The minimum absolute atomic E-state index is 0.00645. The quantitative estimate of drug-likeness (QED) is 0.637. The van der Waals surface area contributed by atoms with Gasteiger partial charge in [-0.1, -0.05) is 29.4 Å². The number of carbonyl (C=O) groups is 1. The van der Waals surface area contributed by atoms with E-state index in [2.05, 4.69) is 10.5 Å². The molecule has 2 aromatic carbocycles. The highest BCUT2D eigenvalue weighted by Crippen LogP contribution is 2.34. The maximum atomic E-state index is 13.0. The summed E-state index contributed by atoms with van der Waals surface area (Å²) in [6.07, 6.45) is -4.50. The fourth-order valence-corrected chi connectivity index (χ4v) is 2.92. The van der Waals surface area contributed by atoms with Gasteiger partial charge in [0.15, 0.2) is 5.76 Å². The molecule has 3 rings (SSSR count). The van der Waals surface area contributed by atoms with Gasteiger partial charge in [-0.2, -0.15) is 13.2 Å². The van der Waals surface area contributed by atoms with Gasteiger partial charge in [-0.05, 0) is 43.7 Å². The first kappa shape index (κ1) is 20.4. The lowest BCUT2D eigenvalue weighted by molar-refractivity contribution is -0.137. The van der Waals surface area contributed by atoms with Gasteiger partial charge in [-0.25, -0.2) is 0 Å². The second-order valence-corrected chi connectivity index (χ2v) is 6.52. The minimum Gasteiger partial charge on any atom is -0.497 e. The fourth-order valence-electron chi connectivity index (χ4n) is 2.92. The second kappa shape index (κ2) is 7.98. The van der Waals surface area contributed by atoms with Gasteiger partial charge in [0, 0.05) is 5.56 Å². The average Bonchev–Trinajstić information content (AvgIpc) is 3.09. The summed E-state index contributed by atoms with van der Waals surface area (Å²) in [5.74, 6) is 0.196. The third kappa shape index (κ3) is 4.42. The minimum atomic E-state index is -4.50. The summed E-state index contributed by atoms with van der Waals surface area (Å²) in [5, 5.41) is 6.60. The third-order valence-corrected chi connectivity index (χ3v) is 4.51. The zero-order valence-electron chi connectivity index (χ0n) is 16.0. The van der Waals surface area contributed by atoms with Crippen molar-refractivity contribution in [1.29, 1.82) is 0 Å². The van der Waals surface area contributed by atoms with Crippen molar-refractivity contribution in [2.45, 2.75) is 26.1 Å². The molecule has 0 bridgehead atoms. The Bertz CT molecular complexity index is 1010. The molecule has 0 aliphatic heterocycles. The molecule has 0 unspecified atom stereocenters. The highest BCUT2D eigenvalue weighted by molar-refractivity contribution is 6.00. The normalized spacial score (nSPS) is 12.5. The van der Waals surface area contributed by atoms with Crippen molar-refractivity contribution in [3.63, 3.8) is 0 Å². The summed E-state index contributed by atoms with van der Waals surface area (Å²) < 4.78 is 49.4. The topological polar surface area (TPSA) is 64.4 Å². The number of aryl methyl sites for hydroxylation is 1. The molecule has 1 atom stereocenters. The van der Waals surface area contributed by atoms with E-state index < -0.39 is 17.6 Å². The van der Waals surface area contributed by atoms with Gasteiger partial charge in [0.05, 0.1) is 24.4 Å². The van der Waals surface area contributed by atoms with Crippen LogP contribution in [-0.4, -0.2) is 18.2 Å². The number of rotatable bonds is 5. The number of amides is 1. The molecular formula is C21H19F3N2O3. The Morgan fingerprint density at radius 2 is 1.86 bits per heavy atom. The van der Waals surface area contributed by atoms with Crippen LogP contribution in [-0.2, 0) is 6.18 Å². The standard InChI is InChI=1S/C21H19F3N2O3/c1-12(14-7-9-17(28-3)10-8-14)25-20(27)18-13(2)26-29-19(18)15-5-4-6-16(11-15)21(22,23)24/h4-12H,1-3H3,(H,25,27)/t12-/m0/s1. The number of benzene rings is 2. The Labute approximate surface area is 165 Å². The number of carbonyl (C=O) groups excluding carboxylic acids is 1. The Morgan fingerprint density at radius 3 is 2.48 bits per heavy atom. The van der Waals surface area contributed by atoms with E-state index in [1.165, 1.54) is 12.1 Å². The second-order valence-electron chi connectivity index (χ2n) is 6.52. The summed E-state index contributed by atoms with van der Waals surface area (Å²) in [6.45, 7) is 3.36. The Balaban J connectivity index is 1.88. The molecule has 1 amide bonds. The molecule has 0 aliphatic rings. The van der Waals surface area contributed by atoms with Crippen molar-refractivity contribution < 1.29 is 27.2 Å². The van der Waals surface area contributed by atoms with E-state index >= 15 is 0 Å². The lowest BCUT2D eigenvalue weighted by atomic mass is 10.0. The van der Waals surface area contributed by atoms with E-state index in [1.807, 2.05) is 12.1 Å². The van der Waals surface area contributed by atoms with E-state index in [9.17, 15) is 18.0 Å². The molecule has 0 saturated heterocycles. The molecule has 1 heterocycles. The van der Waals surface area contributed by atoms with Crippen LogP contribution >= 0.6 is 0 Å². The van der Waals surface area contributed by atoms with Gasteiger partial charge in [-0.15, -0.1) is 0 Å². The Kier molecular flexibility index (Phi) is 5.63. The molecule has 0 radical (unpaired) electrons. The predicted molar refractivity (Wildman–Crippen MR) is 101 cm³/mol. The third-order valence-electron chi connectivity index (χ3n) is 4.51. The monoisotopic (exact) mass is 404 g/mol. The van der Waals surface area contributed by atoms with E-state index in [0.29, 0.717) is 5.75 Å². The van der Waals surface area contributed by atoms with Crippen LogP contribution in [0.2, 0.25) is 0 Å². The van der Waals surface area contributed by atoms with Crippen LogP contribution in [0.15, 0.2) is 53.1 Å². The molecule has 152 valence electrons. The maximum Gasteiger partial charge on any atom is 0.416 e. The highest BCUT2D eigenvalue weighted by atomic mass is 19.4. The zero-order valence-corrected chi connectivity index (χ0v) is 16.0. The number of methoxy groups -OCH3 is 1. The van der Waals surface area contributed by atoms with Crippen LogP contribution in [0.25, 0.3) is 11.3 Å². The summed E-state index contributed by atoms with van der Waals surface area (Å²) >= 11 is 0. The number of ether oxygens (including phenoxy) is 1. The van der Waals surface area contributed by atoms with Crippen molar-refractivity contribution in [1.82, 2.24) is 10.5 Å². The molecule has 1 aromatic heterocycles. The zero-order chi connectivity index (χ0) is 21.2. The molecule has 0 fully saturated rings. The number of aromatic nitrogens is 1. The molecular weight excluding hydrogens is 385 g/mol. The first-order valence-corrected chi connectivity index (χ1v) is 8.79. The average molecular weight is 404 g/mol. The van der Waals surface area contributed by atoms with E-state index in [4.69, 9.17) is 9.26 Å². The summed E-state index contributed by atoms with van der Waals surface area (Å²) in [7, 11) is 1.56. The highest BCUT2D eigenvalue weighted by Gasteiger charge is 2.31. The SMILES string of the molecule is COc1ccc([C@H](C)NC(=O)c2c(C)noc2-c2cccc(C(F)(F)F)c2)cc1. The number of nitrogens with zero attached hydrogens (tertiary/aromatic N) is 1. The van der Waals surface area contributed by atoms with Crippen LogP contribution in [0.1, 0.15) is 40.1 Å². The largest absolute Gasteiger partial charge is 0.497 e. The van der Waals surface area contributed by atoms with Crippen LogP contribution in [0.3, 0.4) is 0 Å². The van der Waals surface area contributed by atoms with Crippen LogP contribution in [0, 0.1) is 6.92 Å². The number of hydrogen-bond acceptors (Lipinski definition) is 4. The molecule has 5 nitrogen and oxygen atoms in total. The molecule has 0 saturated carbocycles. The Morgan fingerprint density at radius 1 is 1.17 bits per heavy atom. The van der Waals surface area contributed by atoms with Gasteiger partial charge in [0.2, 0.25) is 0 Å². The molecule has 29 heavy (non-hydrogen) atoms. The van der Waals surface area contributed by atoms with E-state index in [0.717, 1.165) is 17.7 Å². The van der Waals surface area contributed by atoms with Crippen LogP contribution in [0.4, 0.5) is 13.2 Å². The first-order chi connectivity index (χ1) is 13.7. The number of alkyl halides is 3. The number of hydrogen-bond donors (Lipinski definition) is 1. The van der Waals surface area contributed by atoms with Crippen LogP contribution < -0.4 is 10.1 Å². The smallest absolute Gasteiger partial charge is 0.416 e. The Hall–Kier alpha value is -3.29. The van der Waals surface area contributed by atoms with Crippen molar-refractivity contribution in [3.05, 3.63) is 70.9 Å². The van der Waals surface area contributed by atoms with E-state index in [1.54, 1.807) is 33.1 Å². The summed E-state index contributed by atoms with van der Waals surface area (Å²) in [4.78, 5) is 12.9. The fraction of sp³-hybridized carbons (Fsp3) is 0.238. The van der Waals surface area contributed by atoms with Crippen molar-refractivity contribution in [2.24, 2.45) is 0 Å². The van der Waals surface area contributed by atoms with Crippen molar-refractivity contribution in [3.8, 4) is 17.1 Å². The summed E-state index contributed by atoms with van der Waals surface area (Å²) in [5.41, 5.74) is 0.528. The number of nitrogens with one attached hydrogen (secondary N) is 1. The predicted octanol–water partition coefficient (Wildman–Crippen LogP) is 5.17. The number of halogens is 3.